The SMILES string of the molecule is CS(=O)(=O)NC(=O)CNC(=O)c1ccc(-c2ccccc2C#N)nc1NCCc1cccc(F)c1. The molecule has 0 aliphatic heterocycles. The van der Waals surface area contributed by atoms with Gasteiger partial charge in [-0.2, -0.15) is 5.26 Å². The van der Waals surface area contributed by atoms with Gasteiger partial charge in [0, 0.05) is 12.1 Å². The molecule has 3 rings (SSSR count). The maximum atomic E-state index is 13.5. The maximum Gasteiger partial charge on any atom is 0.255 e. The normalized spacial score (nSPS) is 10.8. The lowest BCUT2D eigenvalue weighted by atomic mass is 10.0. The van der Waals surface area contributed by atoms with Crippen LogP contribution < -0.4 is 15.4 Å². The highest BCUT2D eigenvalue weighted by molar-refractivity contribution is 7.89. The number of carbonyl (C=O) groups excluding carboxylic acids is 2. The van der Waals surface area contributed by atoms with Gasteiger partial charge in [0.15, 0.2) is 0 Å². The average Bonchev–Trinajstić information content (AvgIpc) is 2.81. The smallest absolute Gasteiger partial charge is 0.255 e. The zero-order chi connectivity index (χ0) is 25.4. The van der Waals surface area contributed by atoms with E-state index in [-0.39, 0.29) is 17.2 Å². The third kappa shape index (κ3) is 7.35. The molecule has 0 aliphatic rings. The number of carbonyl (C=O) groups is 2. The van der Waals surface area contributed by atoms with Gasteiger partial charge >= 0.3 is 0 Å². The van der Waals surface area contributed by atoms with Gasteiger partial charge in [-0.25, -0.2) is 17.8 Å². The number of aromatic nitrogens is 1. The number of benzene rings is 2. The minimum Gasteiger partial charge on any atom is -0.369 e. The van der Waals surface area contributed by atoms with Gasteiger partial charge in [-0.15, -0.1) is 0 Å². The Morgan fingerprint density at radius 2 is 1.86 bits per heavy atom. The molecular formula is C24H22FN5O4S. The molecule has 0 atom stereocenters. The van der Waals surface area contributed by atoms with Gasteiger partial charge in [0.05, 0.1) is 35.7 Å². The highest BCUT2D eigenvalue weighted by Gasteiger charge is 2.17. The van der Waals surface area contributed by atoms with Gasteiger partial charge in [0.25, 0.3) is 11.8 Å². The molecule has 11 heteroatoms. The molecule has 0 fully saturated rings. The first-order valence-corrected chi connectivity index (χ1v) is 12.3. The van der Waals surface area contributed by atoms with Crippen molar-refractivity contribution < 1.29 is 22.4 Å². The van der Waals surface area contributed by atoms with Crippen LogP contribution in [0.3, 0.4) is 0 Å². The van der Waals surface area contributed by atoms with Crippen molar-refractivity contribution in [1.82, 2.24) is 15.0 Å². The van der Waals surface area contributed by atoms with Crippen molar-refractivity contribution in [2.75, 3.05) is 24.7 Å². The highest BCUT2D eigenvalue weighted by atomic mass is 32.2. The molecule has 0 radical (unpaired) electrons. The number of pyridine rings is 1. The van der Waals surface area contributed by atoms with Crippen LogP contribution in [0, 0.1) is 17.1 Å². The zero-order valence-electron chi connectivity index (χ0n) is 18.7. The van der Waals surface area contributed by atoms with E-state index >= 15 is 0 Å². The molecule has 0 aliphatic carbocycles. The Balaban J connectivity index is 1.84. The summed E-state index contributed by atoms with van der Waals surface area (Å²) in [6.45, 7) is -0.248. The lowest BCUT2D eigenvalue weighted by Crippen LogP contribution is -2.39. The number of rotatable bonds is 9. The molecule has 1 heterocycles. The van der Waals surface area contributed by atoms with E-state index in [1.165, 1.54) is 18.2 Å². The predicted octanol–water partition coefficient (Wildman–Crippen LogP) is 2.22. The Labute approximate surface area is 202 Å². The van der Waals surface area contributed by atoms with Crippen LogP contribution in [0.2, 0.25) is 0 Å². The van der Waals surface area contributed by atoms with Crippen molar-refractivity contribution in [3.8, 4) is 17.3 Å². The van der Waals surface area contributed by atoms with Crippen LogP contribution >= 0.6 is 0 Å². The van der Waals surface area contributed by atoms with Crippen molar-refractivity contribution in [1.29, 1.82) is 5.26 Å². The largest absolute Gasteiger partial charge is 0.369 e. The summed E-state index contributed by atoms with van der Waals surface area (Å²) >= 11 is 0. The predicted molar refractivity (Wildman–Crippen MR) is 128 cm³/mol. The van der Waals surface area contributed by atoms with Gasteiger partial charge in [0.2, 0.25) is 10.0 Å². The van der Waals surface area contributed by atoms with E-state index in [0.717, 1.165) is 11.8 Å². The first-order chi connectivity index (χ1) is 16.7. The molecule has 9 nitrogen and oxygen atoms in total. The monoisotopic (exact) mass is 495 g/mol. The number of hydrogen-bond donors (Lipinski definition) is 3. The Hall–Kier alpha value is -4.30. The van der Waals surface area contributed by atoms with Gasteiger partial charge in [0.1, 0.15) is 11.6 Å². The maximum absolute atomic E-state index is 13.5. The molecular weight excluding hydrogens is 473 g/mol. The van der Waals surface area contributed by atoms with Gasteiger partial charge in [-0.3, -0.25) is 14.3 Å². The van der Waals surface area contributed by atoms with Crippen molar-refractivity contribution >= 4 is 27.7 Å². The second-order valence-electron chi connectivity index (χ2n) is 7.54. The molecule has 2 amide bonds. The number of nitriles is 1. The molecule has 0 bridgehead atoms. The summed E-state index contributed by atoms with van der Waals surface area (Å²) in [6, 6.07) is 18.1. The van der Waals surface area contributed by atoms with E-state index < -0.39 is 28.4 Å². The first-order valence-electron chi connectivity index (χ1n) is 10.4. The van der Waals surface area contributed by atoms with E-state index in [1.54, 1.807) is 47.2 Å². The Kier molecular flexibility index (Phi) is 8.12. The second kappa shape index (κ2) is 11.2. The molecule has 0 spiro atoms. The standard InChI is InChI=1S/C24H22FN5O4S/c1-35(33,34)30-22(31)15-28-24(32)20-9-10-21(19-8-3-2-6-17(19)14-26)29-23(20)27-12-11-16-5-4-7-18(25)13-16/h2-10,13H,11-12,15H2,1H3,(H,27,29)(H,28,32)(H,30,31). The van der Waals surface area contributed by atoms with E-state index in [2.05, 4.69) is 21.7 Å². The Bertz CT molecular complexity index is 1400. The second-order valence-corrected chi connectivity index (χ2v) is 9.29. The van der Waals surface area contributed by atoms with E-state index in [4.69, 9.17) is 0 Å². The van der Waals surface area contributed by atoms with E-state index in [0.29, 0.717) is 29.8 Å². The van der Waals surface area contributed by atoms with Crippen molar-refractivity contribution in [3.05, 3.63) is 83.2 Å². The quantitative estimate of drug-likeness (QED) is 0.413. The number of nitrogens with one attached hydrogen (secondary N) is 3. The summed E-state index contributed by atoms with van der Waals surface area (Å²) in [6.07, 6.45) is 1.27. The number of amides is 2. The van der Waals surface area contributed by atoms with E-state index in [1.807, 2.05) is 0 Å². The molecule has 0 unspecified atom stereocenters. The van der Waals surface area contributed by atoms with Crippen LogP contribution in [0.5, 0.6) is 0 Å². The number of hydrogen-bond acceptors (Lipinski definition) is 7. The lowest BCUT2D eigenvalue weighted by Gasteiger charge is -2.14. The molecule has 2 aromatic carbocycles. The molecule has 1 aromatic heterocycles. The number of halogens is 1. The Morgan fingerprint density at radius 1 is 1.09 bits per heavy atom. The van der Waals surface area contributed by atoms with Gasteiger partial charge < -0.3 is 10.6 Å². The van der Waals surface area contributed by atoms with Crippen molar-refractivity contribution in [2.45, 2.75) is 6.42 Å². The molecule has 0 saturated carbocycles. The van der Waals surface area contributed by atoms with Crippen LogP contribution in [0.4, 0.5) is 10.2 Å². The van der Waals surface area contributed by atoms with Crippen LogP contribution in [0.1, 0.15) is 21.5 Å². The van der Waals surface area contributed by atoms with Gasteiger partial charge in [-0.1, -0.05) is 30.3 Å². The zero-order valence-corrected chi connectivity index (χ0v) is 19.5. The van der Waals surface area contributed by atoms with Crippen molar-refractivity contribution in [3.63, 3.8) is 0 Å². The molecule has 3 N–H and O–H groups in total. The summed E-state index contributed by atoms with van der Waals surface area (Å²) in [5.41, 5.74) is 2.27. The lowest BCUT2D eigenvalue weighted by molar-refractivity contribution is -0.118. The average molecular weight is 496 g/mol. The summed E-state index contributed by atoms with van der Waals surface area (Å²) in [5, 5.41) is 14.8. The van der Waals surface area contributed by atoms with Crippen LogP contribution in [-0.2, 0) is 21.2 Å². The molecule has 3 aromatic rings. The number of nitrogens with zero attached hydrogens (tertiary/aromatic N) is 2. The summed E-state index contributed by atoms with van der Waals surface area (Å²) in [5.74, 6) is -1.72. The number of anilines is 1. The molecule has 0 saturated heterocycles. The minimum atomic E-state index is -3.76. The third-order valence-corrected chi connectivity index (χ3v) is 5.37. The van der Waals surface area contributed by atoms with Crippen LogP contribution in [0.15, 0.2) is 60.7 Å². The minimum absolute atomic E-state index is 0.106. The number of sulfonamides is 1. The fourth-order valence-electron chi connectivity index (χ4n) is 3.25. The Morgan fingerprint density at radius 3 is 2.57 bits per heavy atom. The third-order valence-electron chi connectivity index (χ3n) is 4.77. The fourth-order valence-corrected chi connectivity index (χ4v) is 3.73. The summed E-state index contributed by atoms with van der Waals surface area (Å²) in [4.78, 5) is 29.0. The topological polar surface area (TPSA) is 141 Å². The van der Waals surface area contributed by atoms with Crippen LogP contribution in [-0.4, -0.2) is 44.6 Å². The summed E-state index contributed by atoms with van der Waals surface area (Å²) < 4.78 is 37.6. The van der Waals surface area contributed by atoms with Crippen LogP contribution in [0.25, 0.3) is 11.3 Å². The first kappa shape index (κ1) is 25.3. The molecule has 180 valence electrons. The highest BCUT2D eigenvalue weighted by Crippen LogP contribution is 2.25. The fraction of sp³-hybridized carbons (Fsp3) is 0.167. The summed E-state index contributed by atoms with van der Waals surface area (Å²) in [7, 11) is -3.76. The molecule has 35 heavy (non-hydrogen) atoms. The van der Waals surface area contributed by atoms with E-state index in [9.17, 15) is 27.7 Å². The van der Waals surface area contributed by atoms with Crippen molar-refractivity contribution in [2.24, 2.45) is 0 Å². The van der Waals surface area contributed by atoms with Gasteiger partial charge in [-0.05, 0) is 42.3 Å².